The van der Waals surface area contributed by atoms with Crippen molar-refractivity contribution in [2.75, 3.05) is 6.61 Å². The summed E-state index contributed by atoms with van der Waals surface area (Å²) in [5.41, 5.74) is 0. The van der Waals surface area contributed by atoms with Gasteiger partial charge in [0.1, 0.15) is 0 Å². The summed E-state index contributed by atoms with van der Waals surface area (Å²) in [6, 6.07) is 0. The first-order valence-electron chi connectivity index (χ1n) is 1.18. The Kier molecular flexibility index (Phi) is 45.8. The standard InChI is InChI=1S/C2H5O.2H2O.Sb/c1-2-3;;;/h2H2,1H3;2*1H2;/q-1;;;+1. The Hall–Kier alpha value is 0.698. The van der Waals surface area contributed by atoms with Gasteiger partial charge in [-0.15, -0.1) is 0 Å². The van der Waals surface area contributed by atoms with E-state index < -0.39 is 0 Å². The third-order valence-corrected chi connectivity index (χ3v) is 0.866. The van der Waals surface area contributed by atoms with Crippen LogP contribution in [0.1, 0.15) is 6.92 Å². The molecule has 0 saturated heterocycles. The third kappa shape index (κ3) is 22.3. The van der Waals surface area contributed by atoms with Crippen LogP contribution in [0.4, 0.5) is 0 Å². The van der Waals surface area contributed by atoms with Gasteiger partial charge in [0.2, 0.25) is 0 Å². The maximum Gasteiger partial charge on any atom is -0.412 e. The molecule has 0 bridgehead atoms. The maximum absolute atomic E-state index is 4.59. The molecule has 4 N–H and O–H groups in total. The van der Waals surface area contributed by atoms with Crippen LogP contribution in [0.15, 0.2) is 0 Å². The van der Waals surface area contributed by atoms with E-state index in [2.05, 4.69) is 3.02 Å². The van der Waals surface area contributed by atoms with Crippen LogP contribution in [-0.4, -0.2) is 41.0 Å². The zero-order valence-corrected chi connectivity index (χ0v) is 6.12. The van der Waals surface area contributed by atoms with Gasteiger partial charge in [-0.3, -0.25) is 0 Å². The van der Waals surface area contributed by atoms with Gasteiger partial charge in [-0.05, 0) is 0 Å². The molecule has 0 spiro atoms. The van der Waals surface area contributed by atoms with Crippen molar-refractivity contribution in [3.8, 4) is 0 Å². The molecule has 0 fully saturated rings. The number of hydrogen-bond acceptors (Lipinski definition) is 1. The van der Waals surface area contributed by atoms with Crippen molar-refractivity contribution in [3.05, 3.63) is 0 Å². The Morgan fingerprint density at radius 3 is 1.67 bits per heavy atom. The zero-order chi connectivity index (χ0) is 3.41. The quantitative estimate of drug-likeness (QED) is 0.475. The van der Waals surface area contributed by atoms with Gasteiger partial charge in [0, 0.05) is 0 Å². The summed E-state index contributed by atoms with van der Waals surface area (Å²) in [5.74, 6) is 0. The molecular weight excluding hydrogens is 194 g/mol. The van der Waals surface area contributed by atoms with Crippen molar-refractivity contribution in [2.45, 2.75) is 6.92 Å². The second-order valence-electron chi connectivity index (χ2n) is 0.418. The van der Waals surface area contributed by atoms with Crippen molar-refractivity contribution in [2.24, 2.45) is 0 Å². The van der Waals surface area contributed by atoms with Gasteiger partial charge in [-0.1, -0.05) is 0 Å². The molecule has 0 aromatic carbocycles. The Morgan fingerprint density at radius 2 is 1.67 bits per heavy atom. The van der Waals surface area contributed by atoms with Gasteiger partial charge in [0.15, 0.2) is 0 Å². The van der Waals surface area contributed by atoms with Crippen LogP contribution < -0.4 is 0 Å². The molecule has 4 heteroatoms. The Labute approximate surface area is 51.4 Å². The van der Waals surface area contributed by atoms with Gasteiger partial charge < -0.3 is 11.0 Å². The third-order valence-electron chi connectivity index (χ3n) is 0.129. The van der Waals surface area contributed by atoms with Gasteiger partial charge in [0.25, 0.3) is 0 Å². The molecule has 6 heavy (non-hydrogen) atoms. The molecule has 40 valence electrons. The zero-order valence-electron chi connectivity index (χ0n) is 3.56. The number of hydrogen-bond donors (Lipinski definition) is 0. The van der Waals surface area contributed by atoms with Gasteiger partial charge in [-0.25, -0.2) is 0 Å². The summed E-state index contributed by atoms with van der Waals surface area (Å²) in [5, 5.41) is 0. The summed E-state index contributed by atoms with van der Waals surface area (Å²) in [4.78, 5) is 0. The van der Waals surface area contributed by atoms with Crippen LogP contribution in [0.2, 0.25) is 0 Å². The first-order chi connectivity index (χ1) is 1.91. The summed E-state index contributed by atoms with van der Waals surface area (Å²) in [6.45, 7) is 2.81. The van der Waals surface area contributed by atoms with E-state index in [1.54, 1.807) is 0 Å². The molecule has 0 aromatic heterocycles. The van der Waals surface area contributed by atoms with Crippen molar-refractivity contribution >= 4 is 23.4 Å². The van der Waals surface area contributed by atoms with Crippen LogP contribution in [0.3, 0.4) is 0 Å². The Balaban J connectivity index is -0.0000000450. The van der Waals surface area contributed by atoms with Crippen molar-refractivity contribution in [3.63, 3.8) is 0 Å². The molecule has 0 rings (SSSR count). The molecule has 0 saturated carbocycles. The molecule has 0 heterocycles. The van der Waals surface area contributed by atoms with E-state index in [1.165, 1.54) is 23.4 Å². The normalized spacial score (nSPS) is 5.00. The minimum atomic E-state index is 0. The van der Waals surface area contributed by atoms with E-state index in [4.69, 9.17) is 0 Å². The largest absolute Gasteiger partial charge is 0.412 e. The minimum Gasteiger partial charge on any atom is -0.412 e. The smallest absolute Gasteiger partial charge is 0.412 e. The van der Waals surface area contributed by atoms with Gasteiger partial charge in [-0.2, -0.15) is 0 Å². The summed E-state index contributed by atoms with van der Waals surface area (Å²) < 4.78 is 4.59. The molecule has 0 aliphatic heterocycles. The summed E-state index contributed by atoms with van der Waals surface area (Å²) >= 11 is 1.40. The molecule has 0 aliphatic carbocycles. The molecule has 0 amide bonds. The summed E-state index contributed by atoms with van der Waals surface area (Å²) in [6.07, 6.45) is 0. The predicted molar refractivity (Wildman–Crippen MR) is 24.6 cm³/mol. The molecule has 0 unspecified atom stereocenters. The van der Waals surface area contributed by atoms with E-state index in [1.807, 2.05) is 6.92 Å². The van der Waals surface area contributed by atoms with Crippen LogP contribution in [0, 0.1) is 0 Å². The van der Waals surface area contributed by atoms with Crippen molar-refractivity contribution < 1.29 is 14.0 Å². The molecule has 0 aliphatic rings. The number of rotatable bonds is 1. The Morgan fingerprint density at radius 1 is 1.50 bits per heavy atom. The molecule has 2 radical (unpaired) electrons. The predicted octanol–water partition coefficient (Wildman–Crippen LogP) is -1.54. The molecule has 0 aromatic rings. The first kappa shape index (κ1) is 15.9. The van der Waals surface area contributed by atoms with Crippen molar-refractivity contribution in [1.29, 1.82) is 0 Å². The molecule has 0 atom stereocenters. The average Bonchev–Trinajstić information content (AvgIpc) is 1.37. The average molecular weight is 203 g/mol. The van der Waals surface area contributed by atoms with E-state index >= 15 is 0 Å². The van der Waals surface area contributed by atoms with Crippen molar-refractivity contribution in [1.82, 2.24) is 0 Å². The first-order valence-corrected chi connectivity index (χ1v) is 2.22. The maximum atomic E-state index is 4.59. The van der Waals surface area contributed by atoms with E-state index in [9.17, 15) is 0 Å². The van der Waals surface area contributed by atoms with E-state index in [-0.39, 0.29) is 11.0 Å². The second-order valence-corrected chi connectivity index (χ2v) is 1.15. The van der Waals surface area contributed by atoms with Crippen LogP contribution in [0.25, 0.3) is 0 Å². The van der Waals surface area contributed by atoms with Crippen LogP contribution in [-0.2, 0) is 3.02 Å². The SMILES string of the molecule is CC[O][Sb].O.O. The second kappa shape index (κ2) is 17.3. The monoisotopic (exact) mass is 202 g/mol. The van der Waals surface area contributed by atoms with Gasteiger partial charge in [0.05, 0.1) is 0 Å². The molecular formula is C2H9O3Sb. The summed E-state index contributed by atoms with van der Waals surface area (Å²) in [7, 11) is 0. The van der Waals surface area contributed by atoms with Crippen LogP contribution >= 0.6 is 0 Å². The fraction of sp³-hybridized carbons (Fsp3) is 1.00. The minimum absolute atomic E-state index is 0. The topological polar surface area (TPSA) is 72.2 Å². The fourth-order valence-corrected chi connectivity index (χ4v) is 0. The van der Waals surface area contributed by atoms with Crippen LogP contribution in [0.5, 0.6) is 0 Å². The molecule has 3 nitrogen and oxygen atoms in total. The fourth-order valence-electron chi connectivity index (χ4n) is 0. The van der Waals surface area contributed by atoms with Gasteiger partial charge >= 0.3 is 40.0 Å². The Bertz CT molecular complexity index is 10.8. The van der Waals surface area contributed by atoms with E-state index in [0.717, 1.165) is 6.61 Å². The van der Waals surface area contributed by atoms with E-state index in [0.29, 0.717) is 0 Å².